The van der Waals surface area contributed by atoms with Crippen LogP contribution in [0.2, 0.25) is 0 Å². The number of nitrogens with one attached hydrogen (secondary N) is 1. The summed E-state index contributed by atoms with van der Waals surface area (Å²) in [5.41, 5.74) is 8.24. The minimum Gasteiger partial charge on any atom is -0.484 e. The van der Waals surface area contributed by atoms with Crippen LogP contribution in [0.1, 0.15) is 40.2 Å². The van der Waals surface area contributed by atoms with Crippen LogP contribution in [-0.4, -0.2) is 52.5 Å². The van der Waals surface area contributed by atoms with Gasteiger partial charge in [-0.05, 0) is 75.4 Å². The van der Waals surface area contributed by atoms with Crippen molar-refractivity contribution < 1.29 is 22.7 Å². The minimum absolute atomic E-state index is 0.0400. The number of pyridine rings is 1. The number of halogens is 3. The summed E-state index contributed by atoms with van der Waals surface area (Å²) in [5.74, 6) is 0.162. The predicted molar refractivity (Wildman–Crippen MR) is 163 cm³/mol. The van der Waals surface area contributed by atoms with E-state index < -0.39 is 23.8 Å². The number of amides is 1. The molecule has 0 aliphatic carbocycles. The van der Waals surface area contributed by atoms with Crippen LogP contribution < -0.4 is 15.8 Å². The summed E-state index contributed by atoms with van der Waals surface area (Å²) in [5, 5.41) is 3.95. The summed E-state index contributed by atoms with van der Waals surface area (Å²) in [7, 11) is 4.08. The number of imidazole rings is 1. The van der Waals surface area contributed by atoms with E-state index in [-0.39, 0.29) is 16.2 Å². The molecule has 224 valence electrons. The average molecular weight is 609 g/mol. The molecule has 0 fully saturated rings. The molecule has 0 saturated heterocycles. The van der Waals surface area contributed by atoms with Crippen LogP contribution in [0.25, 0.3) is 27.2 Å². The highest BCUT2D eigenvalue weighted by Gasteiger charge is 2.35. The number of anilines is 1. The smallest absolute Gasteiger partial charge is 0.416 e. The van der Waals surface area contributed by atoms with E-state index in [0.29, 0.717) is 5.00 Å². The molecule has 5 rings (SSSR count). The van der Waals surface area contributed by atoms with Crippen LogP contribution in [0.15, 0.2) is 73.2 Å². The van der Waals surface area contributed by atoms with Crippen LogP contribution in [0, 0.1) is 0 Å². The Hall–Kier alpha value is -4.42. The van der Waals surface area contributed by atoms with Crippen molar-refractivity contribution in [2.45, 2.75) is 25.6 Å². The van der Waals surface area contributed by atoms with E-state index in [1.165, 1.54) is 25.1 Å². The number of hydrogen-bond acceptors (Lipinski definition) is 7. The molecular weight excluding hydrogens is 577 g/mol. The molecule has 0 saturated carbocycles. The summed E-state index contributed by atoms with van der Waals surface area (Å²) in [6.07, 6.45) is -1.15. The number of hydrogen-bond donors (Lipinski definition) is 2. The lowest BCUT2D eigenvalue weighted by atomic mass is 10.0. The van der Waals surface area contributed by atoms with Gasteiger partial charge >= 0.3 is 6.18 Å². The lowest BCUT2D eigenvalue weighted by Crippen LogP contribution is -2.16. The largest absolute Gasteiger partial charge is 0.484 e. The van der Waals surface area contributed by atoms with Gasteiger partial charge in [0.15, 0.2) is 0 Å². The van der Waals surface area contributed by atoms with Crippen LogP contribution >= 0.6 is 11.3 Å². The first kappa shape index (κ1) is 30.1. The first-order valence-corrected chi connectivity index (χ1v) is 14.4. The number of nitrogens with two attached hydrogens (primary N) is 1. The zero-order valence-electron chi connectivity index (χ0n) is 23.9. The predicted octanol–water partition coefficient (Wildman–Crippen LogP) is 6.77. The van der Waals surface area contributed by atoms with Crippen LogP contribution in [-0.2, 0) is 6.18 Å². The Labute approximate surface area is 250 Å². The van der Waals surface area contributed by atoms with Crippen LogP contribution in [0.4, 0.5) is 19.0 Å². The zero-order valence-corrected chi connectivity index (χ0v) is 24.7. The number of carbonyl (C=O) groups excluding carboxylic acids is 1. The first-order valence-electron chi connectivity index (χ1n) is 13.6. The molecule has 2 aromatic carbocycles. The fourth-order valence-corrected chi connectivity index (χ4v) is 5.72. The number of alkyl halides is 3. The molecule has 3 aromatic heterocycles. The third kappa shape index (κ3) is 6.81. The molecule has 0 spiro atoms. The Bertz CT molecular complexity index is 1750. The highest BCUT2D eigenvalue weighted by molar-refractivity contribution is 7.16. The van der Waals surface area contributed by atoms with Crippen molar-refractivity contribution in [1.29, 1.82) is 0 Å². The molecule has 5 aromatic rings. The Balaban J connectivity index is 1.40. The minimum atomic E-state index is -4.55. The van der Waals surface area contributed by atoms with Crippen molar-refractivity contribution in [3.63, 3.8) is 0 Å². The highest BCUT2D eigenvalue weighted by Crippen LogP contribution is 2.39. The lowest BCUT2D eigenvalue weighted by molar-refractivity contribution is -0.139. The number of primary amides is 1. The van der Waals surface area contributed by atoms with Gasteiger partial charge in [-0.15, -0.1) is 11.3 Å². The molecule has 0 aliphatic heterocycles. The van der Waals surface area contributed by atoms with Crippen molar-refractivity contribution in [3.05, 3.63) is 89.2 Å². The second kappa shape index (κ2) is 12.4. The Morgan fingerprint density at radius 3 is 2.60 bits per heavy atom. The standard InChI is InChI=1S/C31H31F3N6O2S/c1-19(22-7-4-5-8-23(22)31(32,33)34)42-26-17-28(43-29(26)30(35)41)40-18-38-24-15-20(9-10-25(24)40)21-11-13-37-27(16-21)36-12-6-14-39(2)3/h4-5,7-11,13,15-19H,6,12,14H2,1-3H3,(H2,35,41)(H,36,37). The van der Waals surface area contributed by atoms with Crippen molar-refractivity contribution >= 4 is 34.1 Å². The molecular formula is C31H31F3N6O2S. The SMILES string of the molecule is CC(Oc1cc(-n2cnc3cc(-c4ccnc(NCCCN(C)C)c4)ccc32)sc1C(N)=O)c1ccccc1C(F)(F)F. The summed E-state index contributed by atoms with van der Waals surface area (Å²) in [6, 6.07) is 16.6. The van der Waals surface area contributed by atoms with Gasteiger partial charge in [0, 0.05) is 24.4 Å². The fraction of sp³-hybridized carbons (Fsp3) is 0.258. The van der Waals surface area contributed by atoms with Crippen molar-refractivity contribution in [3.8, 4) is 21.9 Å². The van der Waals surface area contributed by atoms with Gasteiger partial charge in [0.1, 0.15) is 33.9 Å². The van der Waals surface area contributed by atoms with Gasteiger partial charge in [-0.25, -0.2) is 9.97 Å². The van der Waals surface area contributed by atoms with Gasteiger partial charge in [-0.1, -0.05) is 24.3 Å². The summed E-state index contributed by atoms with van der Waals surface area (Å²) < 4.78 is 48.5. The number of rotatable bonds is 11. The van der Waals surface area contributed by atoms with E-state index in [2.05, 4.69) is 20.2 Å². The highest BCUT2D eigenvalue weighted by atomic mass is 32.1. The Morgan fingerprint density at radius 1 is 1.09 bits per heavy atom. The molecule has 1 atom stereocenters. The van der Waals surface area contributed by atoms with Gasteiger partial charge < -0.3 is 20.7 Å². The molecule has 1 amide bonds. The number of nitrogens with zero attached hydrogens (tertiary/aromatic N) is 4. The normalized spacial score (nSPS) is 12.5. The monoisotopic (exact) mass is 608 g/mol. The third-order valence-electron chi connectivity index (χ3n) is 6.88. The van der Waals surface area contributed by atoms with Crippen molar-refractivity contribution in [2.24, 2.45) is 5.73 Å². The molecule has 8 nitrogen and oxygen atoms in total. The average Bonchev–Trinajstić information content (AvgIpc) is 3.59. The number of aromatic nitrogens is 3. The first-order chi connectivity index (χ1) is 20.5. The van der Waals surface area contributed by atoms with E-state index >= 15 is 0 Å². The van der Waals surface area contributed by atoms with E-state index in [1.807, 2.05) is 44.4 Å². The van der Waals surface area contributed by atoms with E-state index in [1.54, 1.807) is 23.2 Å². The lowest BCUT2D eigenvalue weighted by Gasteiger charge is -2.19. The van der Waals surface area contributed by atoms with Gasteiger partial charge in [-0.3, -0.25) is 9.36 Å². The number of fused-ring (bicyclic) bond motifs is 1. The molecule has 0 aliphatic rings. The Morgan fingerprint density at radius 2 is 1.86 bits per heavy atom. The maximum absolute atomic E-state index is 13.6. The van der Waals surface area contributed by atoms with Crippen molar-refractivity contribution in [1.82, 2.24) is 19.4 Å². The van der Waals surface area contributed by atoms with Gasteiger partial charge in [-0.2, -0.15) is 13.2 Å². The van der Waals surface area contributed by atoms with Crippen LogP contribution in [0.5, 0.6) is 5.75 Å². The maximum Gasteiger partial charge on any atom is 0.416 e. The molecule has 3 N–H and O–H groups in total. The van der Waals surface area contributed by atoms with E-state index in [0.717, 1.165) is 64.9 Å². The zero-order chi connectivity index (χ0) is 30.7. The number of benzene rings is 2. The summed E-state index contributed by atoms with van der Waals surface area (Å²) >= 11 is 1.08. The summed E-state index contributed by atoms with van der Waals surface area (Å²) in [6.45, 7) is 3.30. The second-order valence-corrected chi connectivity index (χ2v) is 11.3. The molecule has 3 heterocycles. The van der Waals surface area contributed by atoms with Gasteiger partial charge in [0.2, 0.25) is 0 Å². The third-order valence-corrected chi connectivity index (χ3v) is 8.01. The second-order valence-electron chi connectivity index (χ2n) is 10.3. The number of ether oxygens (including phenoxy) is 1. The fourth-order valence-electron chi connectivity index (χ4n) is 4.79. The van der Waals surface area contributed by atoms with Crippen LogP contribution in [0.3, 0.4) is 0 Å². The molecule has 0 radical (unpaired) electrons. The molecule has 1 unspecified atom stereocenters. The number of carbonyl (C=O) groups is 1. The molecule has 12 heteroatoms. The van der Waals surface area contributed by atoms with Crippen molar-refractivity contribution in [2.75, 3.05) is 32.5 Å². The summed E-state index contributed by atoms with van der Waals surface area (Å²) in [4.78, 5) is 23.5. The van der Waals surface area contributed by atoms with E-state index in [4.69, 9.17) is 10.5 Å². The molecule has 0 bridgehead atoms. The van der Waals surface area contributed by atoms with Gasteiger partial charge in [0.25, 0.3) is 5.91 Å². The topological polar surface area (TPSA) is 98.3 Å². The van der Waals surface area contributed by atoms with Gasteiger partial charge in [0.05, 0.1) is 16.6 Å². The number of thiophene rings is 1. The Kier molecular flexibility index (Phi) is 8.69. The quantitative estimate of drug-likeness (QED) is 0.161. The molecule has 43 heavy (non-hydrogen) atoms. The maximum atomic E-state index is 13.6. The van der Waals surface area contributed by atoms with E-state index in [9.17, 15) is 18.0 Å².